The van der Waals surface area contributed by atoms with E-state index in [4.69, 9.17) is 4.74 Å². The van der Waals surface area contributed by atoms with Gasteiger partial charge in [0.05, 0.1) is 25.4 Å². The van der Waals surface area contributed by atoms with Gasteiger partial charge in [-0.1, -0.05) is 290 Å². The second-order valence-corrected chi connectivity index (χ2v) is 20.0. The fourth-order valence-electron chi connectivity index (χ4n) is 9.23. The van der Waals surface area contributed by atoms with Crippen LogP contribution in [-0.4, -0.2) is 47.4 Å². The summed E-state index contributed by atoms with van der Waals surface area (Å²) in [5.74, 6) is -0.0803. The molecule has 376 valence electrons. The van der Waals surface area contributed by atoms with E-state index in [1.165, 1.54) is 238 Å². The SMILES string of the molecule is CCCCCCCCCCCCCCCCCCCCCCCCCCCC(O)C(CO)NC(=O)CCCCCCCCCCCOC(=O)CCCCCCCCCCCCCC. The molecular weight excluding hydrogens is 779 g/mol. The fraction of sp³-hybridized carbons (Fsp3) is 0.965. The van der Waals surface area contributed by atoms with Crippen molar-refractivity contribution in [3.63, 3.8) is 0 Å². The standard InChI is InChI=1S/C57H113NO5/c1-3-5-7-9-11-13-15-17-18-19-20-21-22-23-24-25-26-27-28-29-30-33-37-41-45-49-55(60)54(53-59)58-56(61)50-46-42-38-34-32-36-40-44-48-52-63-57(62)51-47-43-39-35-31-16-14-12-10-8-6-4-2/h54-55,59-60H,3-53H2,1-2H3,(H,58,61). The van der Waals surface area contributed by atoms with Crippen molar-refractivity contribution in [3.05, 3.63) is 0 Å². The van der Waals surface area contributed by atoms with Crippen LogP contribution in [0.25, 0.3) is 0 Å². The number of ether oxygens (including phenoxy) is 1. The van der Waals surface area contributed by atoms with Gasteiger partial charge in [-0.25, -0.2) is 0 Å². The summed E-state index contributed by atoms with van der Waals surface area (Å²) in [6.45, 7) is 4.92. The van der Waals surface area contributed by atoms with E-state index in [-0.39, 0.29) is 18.5 Å². The van der Waals surface area contributed by atoms with Crippen molar-refractivity contribution in [3.8, 4) is 0 Å². The zero-order chi connectivity index (χ0) is 45.8. The number of esters is 1. The molecule has 0 radical (unpaired) electrons. The number of aliphatic hydroxyl groups is 2. The second kappa shape index (κ2) is 53.5. The number of unbranched alkanes of at least 4 members (excludes halogenated alkanes) is 43. The van der Waals surface area contributed by atoms with Crippen LogP contribution < -0.4 is 5.32 Å². The summed E-state index contributed by atoms with van der Waals surface area (Å²) in [7, 11) is 0. The molecule has 2 unspecified atom stereocenters. The first kappa shape index (κ1) is 61.9. The number of rotatable bonds is 54. The molecule has 0 rings (SSSR count). The Bertz CT molecular complexity index is 898. The summed E-state index contributed by atoms with van der Waals surface area (Å²) in [5.41, 5.74) is 0. The van der Waals surface area contributed by atoms with E-state index in [0.29, 0.717) is 25.9 Å². The van der Waals surface area contributed by atoms with Crippen LogP contribution in [-0.2, 0) is 14.3 Å². The molecule has 0 saturated heterocycles. The highest BCUT2D eigenvalue weighted by molar-refractivity contribution is 5.76. The van der Waals surface area contributed by atoms with Crippen molar-refractivity contribution in [1.82, 2.24) is 5.32 Å². The van der Waals surface area contributed by atoms with Crippen molar-refractivity contribution >= 4 is 11.9 Å². The lowest BCUT2D eigenvalue weighted by Crippen LogP contribution is -2.45. The third-order valence-corrected chi connectivity index (χ3v) is 13.7. The maximum absolute atomic E-state index is 12.5. The largest absolute Gasteiger partial charge is 0.466 e. The number of carbonyl (C=O) groups is 2. The summed E-state index contributed by atoms with van der Waals surface area (Å²) in [4.78, 5) is 24.5. The minimum Gasteiger partial charge on any atom is -0.466 e. The van der Waals surface area contributed by atoms with Gasteiger partial charge in [-0.15, -0.1) is 0 Å². The first-order valence-electron chi connectivity index (χ1n) is 28.8. The maximum atomic E-state index is 12.5. The van der Waals surface area contributed by atoms with Gasteiger partial charge >= 0.3 is 5.97 Å². The van der Waals surface area contributed by atoms with Gasteiger partial charge in [0.15, 0.2) is 0 Å². The molecule has 0 aliphatic rings. The predicted molar refractivity (Wildman–Crippen MR) is 274 cm³/mol. The molecule has 63 heavy (non-hydrogen) atoms. The van der Waals surface area contributed by atoms with E-state index in [9.17, 15) is 19.8 Å². The van der Waals surface area contributed by atoms with E-state index in [2.05, 4.69) is 19.2 Å². The van der Waals surface area contributed by atoms with E-state index < -0.39 is 12.1 Å². The Labute approximate surface area is 394 Å². The molecular formula is C57H113NO5. The first-order valence-corrected chi connectivity index (χ1v) is 28.8. The first-order chi connectivity index (χ1) is 31.0. The molecule has 0 aromatic heterocycles. The molecule has 6 heteroatoms. The van der Waals surface area contributed by atoms with E-state index in [1.807, 2.05) is 0 Å². The molecule has 0 spiro atoms. The van der Waals surface area contributed by atoms with Gasteiger partial charge in [0.1, 0.15) is 0 Å². The Kier molecular flexibility index (Phi) is 52.5. The van der Waals surface area contributed by atoms with Crippen LogP contribution >= 0.6 is 0 Å². The summed E-state index contributed by atoms with van der Waals surface area (Å²) in [5, 5.41) is 23.3. The van der Waals surface area contributed by atoms with Gasteiger partial charge < -0.3 is 20.3 Å². The van der Waals surface area contributed by atoms with Crippen LogP contribution in [0, 0.1) is 0 Å². The number of hydrogen-bond donors (Lipinski definition) is 3. The quantitative estimate of drug-likeness (QED) is 0.0418. The Morgan fingerprint density at radius 1 is 0.381 bits per heavy atom. The van der Waals surface area contributed by atoms with Crippen molar-refractivity contribution in [2.45, 2.75) is 341 Å². The number of nitrogens with one attached hydrogen (secondary N) is 1. The van der Waals surface area contributed by atoms with Crippen LogP contribution in [0.4, 0.5) is 0 Å². The highest BCUT2D eigenvalue weighted by Gasteiger charge is 2.20. The fourth-order valence-corrected chi connectivity index (χ4v) is 9.23. The van der Waals surface area contributed by atoms with E-state index >= 15 is 0 Å². The van der Waals surface area contributed by atoms with Gasteiger partial charge in [-0.05, 0) is 25.7 Å². The lowest BCUT2D eigenvalue weighted by atomic mass is 10.0. The van der Waals surface area contributed by atoms with E-state index in [1.54, 1.807) is 0 Å². The second-order valence-electron chi connectivity index (χ2n) is 20.0. The molecule has 0 aromatic carbocycles. The Hall–Kier alpha value is -1.14. The summed E-state index contributed by atoms with van der Waals surface area (Å²) < 4.78 is 5.45. The summed E-state index contributed by atoms with van der Waals surface area (Å²) >= 11 is 0. The van der Waals surface area contributed by atoms with Gasteiger partial charge in [0, 0.05) is 12.8 Å². The molecule has 0 aliphatic carbocycles. The van der Waals surface area contributed by atoms with Gasteiger partial charge in [-0.2, -0.15) is 0 Å². The minimum atomic E-state index is -0.681. The lowest BCUT2D eigenvalue weighted by molar-refractivity contribution is -0.143. The molecule has 0 saturated carbocycles. The van der Waals surface area contributed by atoms with Crippen LogP contribution in [0.1, 0.15) is 328 Å². The van der Waals surface area contributed by atoms with Gasteiger partial charge in [-0.3, -0.25) is 9.59 Å². The van der Waals surface area contributed by atoms with E-state index in [0.717, 1.165) is 57.8 Å². The zero-order valence-corrected chi connectivity index (χ0v) is 42.8. The molecule has 0 bridgehead atoms. The predicted octanol–water partition coefficient (Wildman–Crippen LogP) is 17.5. The molecule has 0 fully saturated rings. The third-order valence-electron chi connectivity index (χ3n) is 13.7. The van der Waals surface area contributed by atoms with Crippen LogP contribution in [0.3, 0.4) is 0 Å². The third kappa shape index (κ3) is 50.1. The molecule has 6 nitrogen and oxygen atoms in total. The molecule has 1 amide bonds. The Balaban J connectivity index is 3.45. The number of aliphatic hydroxyl groups excluding tert-OH is 2. The zero-order valence-electron chi connectivity index (χ0n) is 42.8. The highest BCUT2D eigenvalue weighted by Crippen LogP contribution is 2.18. The monoisotopic (exact) mass is 892 g/mol. The van der Waals surface area contributed by atoms with Gasteiger partial charge in [0.25, 0.3) is 0 Å². The van der Waals surface area contributed by atoms with Gasteiger partial charge in [0.2, 0.25) is 5.91 Å². The average molecular weight is 893 g/mol. The summed E-state index contributed by atoms with van der Waals surface area (Å²) in [6.07, 6.45) is 60.9. The smallest absolute Gasteiger partial charge is 0.305 e. The number of amides is 1. The van der Waals surface area contributed by atoms with Crippen molar-refractivity contribution in [2.75, 3.05) is 13.2 Å². The minimum absolute atomic E-state index is 0.0226. The average Bonchev–Trinajstić information content (AvgIpc) is 3.28. The molecule has 2 atom stereocenters. The maximum Gasteiger partial charge on any atom is 0.305 e. The highest BCUT2D eigenvalue weighted by atomic mass is 16.5. The Morgan fingerprint density at radius 2 is 0.651 bits per heavy atom. The number of hydrogen-bond acceptors (Lipinski definition) is 5. The summed E-state index contributed by atoms with van der Waals surface area (Å²) in [6, 6.07) is -0.561. The molecule has 0 aliphatic heterocycles. The lowest BCUT2D eigenvalue weighted by Gasteiger charge is -2.22. The van der Waals surface area contributed by atoms with Crippen LogP contribution in [0.5, 0.6) is 0 Å². The Morgan fingerprint density at radius 3 is 0.968 bits per heavy atom. The van der Waals surface area contributed by atoms with Crippen molar-refractivity contribution < 1.29 is 24.5 Å². The topological polar surface area (TPSA) is 95.9 Å². The van der Waals surface area contributed by atoms with Crippen LogP contribution in [0.2, 0.25) is 0 Å². The van der Waals surface area contributed by atoms with Crippen molar-refractivity contribution in [1.29, 1.82) is 0 Å². The number of carbonyl (C=O) groups excluding carboxylic acids is 2. The molecule has 3 N–H and O–H groups in total. The van der Waals surface area contributed by atoms with Crippen molar-refractivity contribution in [2.24, 2.45) is 0 Å². The van der Waals surface area contributed by atoms with Crippen LogP contribution in [0.15, 0.2) is 0 Å². The molecule has 0 heterocycles. The normalized spacial score (nSPS) is 12.5. The molecule has 0 aromatic rings.